The van der Waals surface area contributed by atoms with Gasteiger partial charge in [-0.25, -0.2) is 0 Å². The smallest absolute Gasteiger partial charge is 0.265 e. The highest BCUT2D eigenvalue weighted by molar-refractivity contribution is 9.09. The van der Waals surface area contributed by atoms with Crippen LogP contribution < -0.4 is 10.1 Å². The molecule has 1 heterocycles. The molecule has 0 spiro atoms. The van der Waals surface area contributed by atoms with Gasteiger partial charge in [-0.2, -0.15) is 0 Å². The van der Waals surface area contributed by atoms with Crippen LogP contribution in [0.25, 0.3) is 0 Å². The van der Waals surface area contributed by atoms with Gasteiger partial charge in [-0.15, -0.1) is 11.3 Å². The molecular weight excluding hydrogens is 290 g/mol. The highest BCUT2D eigenvalue weighted by Crippen LogP contribution is 2.36. The molecule has 1 aliphatic carbocycles. The van der Waals surface area contributed by atoms with Crippen molar-refractivity contribution >= 4 is 33.2 Å². The number of amides is 1. The summed E-state index contributed by atoms with van der Waals surface area (Å²) < 4.78 is 5.11. The Morgan fingerprint density at radius 3 is 3.12 bits per heavy atom. The Bertz CT molecular complexity index is 376. The lowest BCUT2D eigenvalue weighted by Crippen LogP contribution is -2.30. The van der Waals surface area contributed by atoms with Crippen molar-refractivity contribution in [2.24, 2.45) is 5.92 Å². The van der Waals surface area contributed by atoms with Crippen LogP contribution in [-0.2, 0) is 0 Å². The number of hydrogen-bond acceptors (Lipinski definition) is 3. The second-order valence-corrected chi connectivity index (χ2v) is 5.97. The van der Waals surface area contributed by atoms with Crippen LogP contribution in [0.2, 0.25) is 0 Å². The molecule has 0 aromatic carbocycles. The van der Waals surface area contributed by atoms with Crippen LogP contribution >= 0.6 is 27.3 Å². The molecule has 1 amide bonds. The fourth-order valence-corrected chi connectivity index (χ4v) is 2.98. The van der Waals surface area contributed by atoms with E-state index < -0.39 is 0 Å². The molecule has 1 aromatic heterocycles. The van der Waals surface area contributed by atoms with Gasteiger partial charge in [0.1, 0.15) is 10.6 Å². The molecule has 1 fully saturated rings. The Morgan fingerprint density at radius 1 is 1.75 bits per heavy atom. The largest absolute Gasteiger partial charge is 0.495 e. The third kappa shape index (κ3) is 2.77. The van der Waals surface area contributed by atoms with E-state index in [9.17, 15) is 4.79 Å². The lowest BCUT2D eigenvalue weighted by Gasteiger charge is -2.09. The van der Waals surface area contributed by atoms with Gasteiger partial charge in [0.25, 0.3) is 5.91 Å². The molecule has 5 heteroatoms. The van der Waals surface area contributed by atoms with Crippen molar-refractivity contribution in [3.05, 3.63) is 16.3 Å². The number of carbonyl (C=O) groups is 1. The average Bonchev–Trinajstić information content (AvgIpc) is 3.03. The van der Waals surface area contributed by atoms with Gasteiger partial charge in [0.05, 0.1) is 7.11 Å². The maximum atomic E-state index is 11.8. The van der Waals surface area contributed by atoms with E-state index in [2.05, 4.69) is 21.2 Å². The number of ether oxygens (including phenoxy) is 1. The molecular formula is C11H14BrNO2S. The molecule has 1 saturated carbocycles. The topological polar surface area (TPSA) is 38.3 Å². The standard InChI is InChI=1S/C11H14BrNO2S/c1-15-9-4-5-16-10(9)11(14)13-6-8(12)7-2-3-7/h4-5,7-8H,2-3,6H2,1H3,(H,13,14). The first-order valence-electron chi connectivity index (χ1n) is 5.26. The second-order valence-electron chi connectivity index (χ2n) is 3.88. The summed E-state index contributed by atoms with van der Waals surface area (Å²) in [6, 6.07) is 1.81. The predicted molar refractivity (Wildman–Crippen MR) is 68.6 cm³/mol. The molecule has 1 aromatic rings. The molecule has 0 saturated heterocycles. The van der Waals surface area contributed by atoms with Crippen molar-refractivity contribution in [2.75, 3.05) is 13.7 Å². The fraction of sp³-hybridized carbons (Fsp3) is 0.545. The van der Waals surface area contributed by atoms with Crippen molar-refractivity contribution in [1.82, 2.24) is 5.32 Å². The van der Waals surface area contributed by atoms with Gasteiger partial charge in [-0.3, -0.25) is 4.79 Å². The van der Waals surface area contributed by atoms with Crippen molar-refractivity contribution in [1.29, 1.82) is 0 Å². The third-order valence-corrected chi connectivity index (χ3v) is 4.61. The maximum Gasteiger partial charge on any atom is 0.265 e. The molecule has 1 atom stereocenters. The lowest BCUT2D eigenvalue weighted by molar-refractivity contribution is 0.0955. The first-order valence-corrected chi connectivity index (χ1v) is 7.05. The summed E-state index contributed by atoms with van der Waals surface area (Å²) in [5.41, 5.74) is 0. The molecule has 16 heavy (non-hydrogen) atoms. The average molecular weight is 304 g/mol. The minimum absolute atomic E-state index is 0.0445. The molecule has 1 N–H and O–H groups in total. The van der Waals surface area contributed by atoms with Crippen molar-refractivity contribution < 1.29 is 9.53 Å². The predicted octanol–water partition coefficient (Wildman–Crippen LogP) is 2.66. The molecule has 0 aliphatic heterocycles. The van der Waals surface area contributed by atoms with Crippen molar-refractivity contribution in [2.45, 2.75) is 17.7 Å². The zero-order valence-electron chi connectivity index (χ0n) is 9.03. The zero-order valence-corrected chi connectivity index (χ0v) is 11.4. The first kappa shape index (κ1) is 11.9. The third-order valence-electron chi connectivity index (χ3n) is 2.65. The van der Waals surface area contributed by atoms with E-state index in [4.69, 9.17) is 4.74 Å². The van der Waals surface area contributed by atoms with E-state index in [1.165, 1.54) is 24.2 Å². The summed E-state index contributed by atoms with van der Waals surface area (Å²) >= 11 is 5.00. The maximum absolute atomic E-state index is 11.8. The summed E-state index contributed by atoms with van der Waals surface area (Å²) in [5, 5.41) is 4.79. The van der Waals surface area contributed by atoms with Crippen molar-refractivity contribution in [3.63, 3.8) is 0 Å². The summed E-state index contributed by atoms with van der Waals surface area (Å²) in [6.45, 7) is 0.685. The molecule has 0 bridgehead atoms. The van der Waals surface area contributed by atoms with Crippen LogP contribution in [0.4, 0.5) is 0 Å². The Morgan fingerprint density at radius 2 is 2.50 bits per heavy atom. The van der Waals surface area contributed by atoms with E-state index in [1.54, 1.807) is 7.11 Å². The number of carbonyl (C=O) groups excluding carboxylic acids is 1. The highest BCUT2D eigenvalue weighted by Gasteiger charge is 2.29. The number of alkyl halides is 1. The zero-order chi connectivity index (χ0) is 11.5. The molecule has 0 radical (unpaired) electrons. The Balaban J connectivity index is 1.87. The summed E-state index contributed by atoms with van der Waals surface area (Å²) in [7, 11) is 1.58. The van der Waals surface area contributed by atoms with E-state index in [0.29, 0.717) is 22.0 Å². The summed E-state index contributed by atoms with van der Waals surface area (Å²) in [5.74, 6) is 1.35. The highest BCUT2D eigenvalue weighted by atomic mass is 79.9. The van der Waals surface area contributed by atoms with Gasteiger partial charge in [-0.05, 0) is 30.2 Å². The second kappa shape index (κ2) is 5.19. The van der Waals surface area contributed by atoms with Crippen LogP contribution in [0.5, 0.6) is 5.75 Å². The van der Waals surface area contributed by atoms with Gasteiger partial charge >= 0.3 is 0 Å². The Labute approximate surface area is 107 Å². The van der Waals surface area contributed by atoms with Gasteiger partial charge in [0.2, 0.25) is 0 Å². The molecule has 1 unspecified atom stereocenters. The summed E-state index contributed by atoms with van der Waals surface area (Å²) in [4.78, 5) is 12.9. The van der Waals surface area contributed by atoms with Crippen LogP contribution in [-0.4, -0.2) is 24.4 Å². The van der Waals surface area contributed by atoms with Crippen molar-refractivity contribution in [3.8, 4) is 5.75 Å². The Hall–Kier alpha value is -0.550. The van der Waals surface area contributed by atoms with E-state index in [0.717, 1.165) is 5.92 Å². The minimum Gasteiger partial charge on any atom is -0.495 e. The monoisotopic (exact) mass is 303 g/mol. The van der Waals surface area contributed by atoms with Crippen LogP contribution in [0, 0.1) is 5.92 Å². The van der Waals surface area contributed by atoms with Crippen LogP contribution in [0.1, 0.15) is 22.5 Å². The van der Waals surface area contributed by atoms with Crippen LogP contribution in [0.3, 0.4) is 0 Å². The number of methoxy groups -OCH3 is 1. The number of hydrogen-bond donors (Lipinski definition) is 1. The van der Waals surface area contributed by atoms with Gasteiger partial charge in [0, 0.05) is 11.4 Å². The summed E-state index contributed by atoms with van der Waals surface area (Å²) in [6.07, 6.45) is 2.54. The molecule has 2 rings (SSSR count). The minimum atomic E-state index is -0.0445. The molecule has 3 nitrogen and oxygen atoms in total. The Kier molecular flexibility index (Phi) is 3.86. The SMILES string of the molecule is COc1ccsc1C(=O)NCC(Br)C1CC1. The van der Waals surface area contributed by atoms with Gasteiger partial charge in [-0.1, -0.05) is 15.9 Å². The quantitative estimate of drug-likeness (QED) is 0.849. The molecule has 88 valence electrons. The van der Waals surface area contributed by atoms with Gasteiger partial charge < -0.3 is 10.1 Å². The van der Waals surface area contributed by atoms with E-state index >= 15 is 0 Å². The first-order chi connectivity index (χ1) is 7.72. The fourth-order valence-electron chi connectivity index (χ4n) is 1.52. The number of thiophene rings is 1. The van der Waals surface area contributed by atoms with Crippen LogP contribution in [0.15, 0.2) is 11.4 Å². The van der Waals surface area contributed by atoms with Gasteiger partial charge in [0.15, 0.2) is 0 Å². The molecule has 1 aliphatic rings. The normalized spacial score (nSPS) is 16.9. The number of halogens is 1. The number of rotatable bonds is 5. The van der Waals surface area contributed by atoms with E-state index in [-0.39, 0.29) is 5.91 Å². The lowest BCUT2D eigenvalue weighted by atomic mass is 10.3. The van der Waals surface area contributed by atoms with E-state index in [1.807, 2.05) is 11.4 Å². The number of nitrogens with one attached hydrogen (secondary N) is 1.